The number of likely N-dealkylation sites (tertiary alicyclic amines) is 1. The Bertz CT molecular complexity index is 536. The molecular weight excluding hydrogens is 277 g/mol. The maximum Gasteiger partial charge on any atom is 0.411 e. The van der Waals surface area contributed by atoms with Crippen molar-refractivity contribution in [2.24, 2.45) is 0 Å². The SMILES string of the molecule is CC(C)(C)OC(=O)N1C[C@@H](F)C[C@H]1c1nc(C2CC2)no1. The second-order valence-corrected chi connectivity index (χ2v) is 6.75. The molecule has 0 spiro atoms. The molecule has 1 aromatic rings. The molecule has 2 fully saturated rings. The quantitative estimate of drug-likeness (QED) is 0.839. The standard InChI is InChI=1S/C14H20FN3O3/c1-14(2,3)20-13(19)18-7-9(15)6-10(18)12-16-11(17-21-12)8-4-5-8/h8-10H,4-7H2,1-3H3/t9-,10-/m0/s1. The van der Waals surface area contributed by atoms with Crippen molar-refractivity contribution in [2.45, 2.75) is 63.8 Å². The molecule has 1 aromatic heterocycles. The summed E-state index contributed by atoms with van der Waals surface area (Å²) in [6.07, 6.45) is 0.652. The van der Waals surface area contributed by atoms with Gasteiger partial charge in [0.05, 0.1) is 6.54 Å². The van der Waals surface area contributed by atoms with Crippen LogP contribution in [0.25, 0.3) is 0 Å². The van der Waals surface area contributed by atoms with Gasteiger partial charge in [-0.25, -0.2) is 9.18 Å². The Kier molecular flexibility index (Phi) is 3.37. The first kappa shape index (κ1) is 14.3. The van der Waals surface area contributed by atoms with E-state index in [9.17, 15) is 9.18 Å². The predicted molar refractivity (Wildman–Crippen MR) is 71.5 cm³/mol. The van der Waals surface area contributed by atoms with Crippen LogP contribution < -0.4 is 0 Å². The number of carbonyl (C=O) groups excluding carboxylic acids is 1. The third-order valence-corrected chi connectivity index (χ3v) is 3.56. The lowest BCUT2D eigenvalue weighted by Crippen LogP contribution is -2.37. The van der Waals surface area contributed by atoms with E-state index < -0.39 is 23.9 Å². The number of nitrogens with zero attached hydrogens (tertiary/aromatic N) is 3. The average molecular weight is 297 g/mol. The van der Waals surface area contributed by atoms with Gasteiger partial charge in [0.2, 0.25) is 5.89 Å². The second kappa shape index (κ2) is 4.96. The van der Waals surface area contributed by atoms with Gasteiger partial charge in [0.25, 0.3) is 0 Å². The Hall–Kier alpha value is -1.66. The van der Waals surface area contributed by atoms with Gasteiger partial charge in [-0.15, -0.1) is 0 Å². The lowest BCUT2D eigenvalue weighted by Gasteiger charge is -2.26. The summed E-state index contributed by atoms with van der Waals surface area (Å²) < 4.78 is 24.3. The summed E-state index contributed by atoms with van der Waals surface area (Å²) in [6.45, 7) is 5.34. The largest absolute Gasteiger partial charge is 0.444 e. The van der Waals surface area contributed by atoms with E-state index in [0.717, 1.165) is 12.8 Å². The van der Waals surface area contributed by atoms with Crippen molar-refractivity contribution >= 4 is 6.09 Å². The number of halogens is 1. The van der Waals surface area contributed by atoms with E-state index in [4.69, 9.17) is 9.26 Å². The molecule has 2 atom stereocenters. The monoisotopic (exact) mass is 297 g/mol. The van der Waals surface area contributed by atoms with E-state index in [2.05, 4.69) is 10.1 Å². The maximum absolute atomic E-state index is 13.7. The van der Waals surface area contributed by atoms with Crippen molar-refractivity contribution in [1.29, 1.82) is 0 Å². The van der Waals surface area contributed by atoms with E-state index in [1.54, 1.807) is 20.8 Å². The molecule has 0 radical (unpaired) electrons. The van der Waals surface area contributed by atoms with Crippen molar-refractivity contribution < 1.29 is 18.4 Å². The van der Waals surface area contributed by atoms with Crippen LogP contribution in [0.5, 0.6) is 0 Å². The van der Waals surface area contributed by atoms with Crippen LogP contribution in [0.2, 0.25) is 0 Å². The Balaban J connectivity index is 1.76. The summed E-state index contributed by atoms with van der Waals surface area (Å²) in [5, 5.41) is 3.93. The zero-order chi connectivity index (χ0) is 15.2. The molecule has 1 amide bonds. The van der Waals surface area contributed by atoms with Gasteiger partial charge < -0.3 is 9.26 Å². The fourth-order valence-corrected chi connectivity index (χ4v) is 2.43. The number of ether oxygens (including phenoxy) is 1. The van der Waals surface area contributed by atoms with Crippen LogP contribution in [-0.4, -0.2) is 39.5 Å². The normalized spacial score (nSPS) is 26.2. The van der Waals surface area contributed by atoms with Crippen LogP contribution >= 0.6 is 0 Å². The summed E-state index contributed by atoms with van der Waals surface area (Å²) >= 11 is 0. The highest BCUT2D eigenvalue weighted by Crippen LogP contribution is 2.40. The van der Waals surface area contributed by atoms with Gasteiger partial charge in [-0.2, -0.15) is 4.98 Å². The number of alkyl halides is 1. The number of hydrogen-bond acceptors (Lipinski definition) is 5. The summed E-state index contributed by atoms with van der Waals surface area (Å²) in [6, 6.07) is -0.533. The summed E-state index contributed by atoms with van der Waals surface area (Å²) in [7, 11) is 0. The molecule has 21 heavy (non-hydrogen) atoms. The smallest absolute Gasteiger partial charge is 0.411 e. The van der Waals surface area contributed by atoms with Crippen LogP contribution in [0, 0.1) is 0 Å². The number of carbonyl (C=O) groups is 1. The fraction of sp³-hybridized carbons (Fsp3) is 0.786. The Morgan fingerprint density at radius 1 is 1.43 bits per heavy atom. The minimum atomic E-state index is -1.10. The van der Waals surface area contributed by atoms with Gasteiger partial charge in [-0.3, -0.25) is 4.90 Å². The molecule has 2 heterocycles. The third-order valence-electron chi connectivity index (χ3n) is 3.56. The van der Waals surface area contributed by atoms with Gasteiger partial charge in [-0.05, 0) is 33.6 Å². The molecule has 3 rings (SSSR count). The van der Waals surface area contributed by atoms with E-state index in [1.165, 1.54) is 4.90 Å². The first-order valence-corrected chi connectivity index (χ1v) is 7.30. The fourth-order valence-electron chi connectivity index (χ4n) is 2.43. The van der Waals surface area contributed by atoms with Crippen LogP contribution in [0.4, 0.5) is 9.18 Å². The van der Waals surface area contributed by atoms with Crippen LogP contribution in [0.1, 0.15) is 63.7 Å². The highest BCUT2D eigenvalue weighted by atomic mass is 19.1. The van der Waals surface area contributed by atoms with E-state index in [-0.39, 0.29) is 13.0 Å². The summed E-state index contributed by atoms with van der Waals surface area (Å²) in [5.41, 5.74) is -0.621. The highest BCUT2D eigenvalue weighted by molar-refractivity contribution is 5.69. The Morgan fingerprint density at radius 2 is 2.14 bits per heavy atom. The lowest BCUT2D eigenvalue weighted by atomic mass is 10.2. The van der Waals surface area contributed by atoms with Gasteiger partial charge in [0, 0.05) is 12.3 Å². The van der Waals surface area contributed by atoms with Gasteiger partial charge in [0.15, 0.2) is 5.82 Å². The van der Waals surface area contributed by atoms with Gasteiger partial charge in [0.1, 0.15) is 17.8 Å². The molecule has 6 nitrogen and oxygen atoms in total. The van der Waals surface area contributed by atoms with Crippen LogP contribution in [0.3, 0.4) is 0 Å². The van der Waals surface area contributed by atoms with Crippen molar-refractivity contribution in [3.8, 4) is 0 Å². The minimum Gasteiger partial charge on any atom is -0.444 e. The molecule has 1 aliphatic heterocycles. The molecule has 1 aliphatic carbocycles. The van der Waals surface area contributed by atoms with E-state index in [0.29, 0.717) is 17.6 Å². The molecule has 2 aliphatic rings. The van der Waals surface area contributed by atoms with Crippen molar-refractivity contribution in [3.05, 3.63) is 11.7 Å². The number of rotatable bonds is 2. The molecule has 1 saturated carbocycles. The molecular formula is C14H20FN3O3. The first-order valence-electron chi connectivity index (χ1n) is 7.30. The highest BCUT2D eigenvalue weighted by Gasteiger charge is 2.42. The first-order chi connectivity index (χ1) is 9.83. The topological polar surface area (TPSA) is 68.5 Å². The lowest BCUT2D eigenvalue weighted by molar-refractivity contribution is 0.0192. The molecule has 0 bridgehead atoms. The minimum absolute atomic E-state index is 0.000716. The summed E-state index contributed by atoms with van der Waals surface area (Å²) in [5.74, 6) is 1.33. The molecule has 0 unspecified atom stereocenters. The van der Waals surface area contributed by atoms with Crippen molar-refractivity contribution in [2.75, 3.05) is 6.54 Å². The third kappa shape index (κ3) is 3.16. The van der Waals surface area contributed by atoms with Crippen LogP contribution in [-0.2, 0) is 4.74 Å². The molecule has 0 N–H and O–H groups in total. The van der Waals surface area contributed by atoms with Crippen molar-refractivity contribution in [1.82, 2.24) is 15.0 Å². The maximum atomic E-state index is 13.7. The molecule has 116 valence electrons. The molecule has 7 heteroatoms. The second-order valence-electron chi connectivity index (χ2n) is 6.75. The van der Waals surface area contributed by atoms with Crippen LogP contribution in [0.15, 0.2) is 4.52 Å². The van der Waals surface area contributed by atoms with Gasteiger partial charge >= 0.3 is 6.09 Å². The number of amides is 1. The Labute approximate surface area is 122 Å². The molecule has 1 saturated heterocycles. The Morgan fingerprint density at radius 3 is 2.76 bits per heavy atom. The molecule has 0 aromatic carbocycles. The van der Waals surface area contributed by atoms with E-state index >= 15 is 0 Å². The van der Waals surface area contributed by atoms with Gasteiger partial charge in [-0.1, -0.05) is 5.16 Å². The zero-order valence-electron chi connectivity index (χ0n) is 12.5. The number of hydrogen-bond donors (Lipinski definition) is 0. The average Bonchev–Trinajstić information content (AvgIpc) is 2.96. The zero-order valence-corrected chi connectivity index (χ0v) is 12.5. The van der Waals surface area contributed by atoms with Crippen molar-refractivity contribution in [3.63, 3.8) is 0 Å². The summed E-state index contributed by atoms with van der Waals surface area (Å²) in [4.78, 5) is 17.9. The van der Waals surface area contributed by atoms with E-state index in [1.807, 2.05) is 0 Å². The number of aromatic nitrogens is 2. The predicted octanol–water partition coefficient (Wildman–Crippen LogP) is 2.97.